The highest BCUT2D eigenvalue weighted by Crippen LogP contribution is 2.31. The number of nitrogens with zero attached hydrogens (tertiary/aromatic N) is 3. The van der Waals surface area contributed by atoms with Crippen molar-refractivity contribution >= 4 is 17.5 Å². The Morgan fingerprint density at radius 3 is 2.96 bits per heavy atom. The Kier molecular flexibility index (Phi) is 3.85. The van der Waals surface area contributed by atoms with Gasteiger partial charge in [-0.2, -0.15) is 0 Å². The first-order valence-corrected chi connectivity index (χ1v) is 8.06. The Hall–Kier alpha value is -3.68. The van der Waals surface area contributed by atoms with Gasteiger partial charge in [-0.05, 0) is 36.8 Å². The lowest BCUT2D eigenvalue weighted by molar-refractivity contribution is -0.746. The van der Waals surface area contributed by atoms with Gasteiger partial charge in [-0.25, -0.2) is 10.4 Å². The molecule has 1 aliphatic heterocycles. The van der Waals surface area contributed by atoms with Gasteiger partial charge in [0.1, 0.15) is 5.75 Å². The molecule has 0 fully saturated rings. The fourth-order valence-electron chi connectivity index (χ4n) is 3.07. The molecule has 4 rings (SSSR count). The summed E-state index contributed by atoms with van der Waals surface area (Å²) in [6, 6.07) is 9.90. The number of aromatic nitrogens is 4. The highest BCUT2D eigenvalue weighted by atomic mass is 16.3. The number of nitrogens with one attached hydrogen (secondary N) is 3. The number of aromatic hydroxyl groups is 1. The first kappa shape index (κ1) is 15.8. The third-order valence-corrected chi connectivity index (χ3v) is 4.20. The van der Waals surface area contributed by atoms with Crippen molar-refractivity contribution in [2.75, 3.05) is 10.6 Å². The Morgan fingerprint density at radius 2 is 2.19 bits per heavy atom. The second kappa shape index (κ2) is 6.32. The average molecular weight is 349 g/mol. The van der Waals surface area contributed by atoms with E-state index in [-0.39, 0.29) is 11.7 Å². The van der Waals surface area contributed by atoms with Crippen LogP contribution in [0.1, 0.15) is 18.5 Å². The van der Waals surface area contributed by atoms with Gasteiger partial charge in [-0.15, -0.1) is 4.68 Å². The standard InChI is InChI=1S/C18H16N6O2/c1-11-15(17(26)23-13-5-3-7-19-9-13)16(12-4-2-6-14(25)8-12)24-18(22-11)20-10-21-24/h2-10,16H,1H3,(H3,20,21,22,23,25,26)/p+1. The van der Waals surface area contributed by atoms with Gasteiger partial charge >= 0.3 is 5.95 Å². The molecule has 4 N–H and O–H groups in total. The summed E-state index contributed by atoms with van der Waals surface area (Å²) in [6.45, 7) is 1.83. The van der Waals surface area contributed by atoms with Crippen molar-refractivity contribution in [3.05, 3.63) is 72.0 Å². The van der Waals surface area contributed by atoms with Crippen LogP contribution in [0.2, 0.25) is 0 Å². The maximum absolute atomic E-state index is 13.0. The minimum absolute atomic E-state index is 0.132. The van der Waals surface area contributed by atoms with Gasteiger partial charge in [0.25, 0.3) is 5.91 Å². The van der Waals surface area contributed by atoms with E-state index in [0.717, 1.165) is 5.56 Å². The number of carbonyl (C=O) groups excluding carboxylic acids is 1. The maximum atomic E-state index is 13.0. The highest BCUT2D eigenvalue weighted by Gasteiger charge is 2.38. The van der Waals surface area contributed by atoms with Crippen molar-refractivity contribution in [1.29, 1.82) is 0 Å². The average Bonchev–Trinajstić information content (AvgIpc) is 3.09. The van der Waals surface area contributed by atoms with Crippen molar-refractivity contribution in [2.45, 2.75) is 13.0 Å². The minimum atomic E-state index is -0.461. The molecular weight excluding hydrogens is 332 g/mol. The first-order valence-electron chi connectivity index (χ1n) is 8.06. The predicted octanol–water partition coefficient (Wildman–Crippen LogP) is 1.73. The van der Waals surface area contributed by atoms with Gasteiger partial charge in [0.15, 0.2) is 12.4 Å². The number of aromatic amines is 1. The molecule has 1 unspecified atom stereocenters. The number of fused-ring (bicyclic) bond motifs is 1. The molecule has 0 bridgehead atoms. The second-order valence-electron chi connectivity index (χ2n) is 5.94. The van der Waals surface area contributed by atoms with Gasteiger partial charge < -0.3 is 10.4 Å². The number of phenols is 1. The van der Waals surface area contributed by atoms with Crippen molar-refractivity contribution in [3.63, 3.8) is 0 Å². The molecular formula is C18H17N6O2+. The molecule has 0 aliphatic carbocycles. The number of phenolic OH excluding ortho intramolecular Hbond substituents is 1. The Labute approximate surface area is 149 Å². The molecule has 26 heavy (non-hydrogen) atoms. The van der Waals surface area contributed by atoms with E-state index in [0.29, 0.717) is 22.9 Å². The van der Waals surface area contributed by atoms with Crippen LogP contribution in [0.3, 0.4) is 0 Å². The van der Waals surface area contributed by atoms with E-state index in [1.807, 2.05) is 13.0 Å². The van der Waals surface area contributed by atoms with Crippen LogP contribution in [0.4, 0.5) is 11.6 Å². The van der Waals surface area contributed by atoms with Gasteiger partial charge in [0, 0.05) is 6.20 Å². The van der Waals surface area contributed by atoms with E-state index in [9.17, 15) is 9.90 Å². The molecule has 0 saturated heterocycles. The Bertz CT molecular complexity index is 996. The molecule has 0 saturated carbocycles. The Morgan fingerprint density at radius 1 is 1.31 bits per heavy atom. The number of H-pyrrole nitrogens is 1. The van der Waals surface area contributed by atoms with E-state index < -0.39 is 6.04 Å². The zero-order valence-corrected chi connectivity index (χ0v) is 14.0. The van der Waals surface area contributed by atoms with Crippen LogP contribution in [0.5, 0.6) is 5.75 Å². The Balaban J connectivity index is 1.78. The van der Waals surface area contributed by atoms with Crippen LogP contribution >= 0.6 is 0 Å². The van der Waals surface area contributed by atoms with Crippen LogP contribution in [-0.2, 0) is 4.79 Å². The zero-order chi connectivity index (χ0) is 18.1. The molecule has 130 valence electrons. The molecule has 1 aliphatic rings. The van der Waals surface area contributed by atoms with Crippen LogP contribution in [0.25, 0.3) is 0 Å². The van der Waals surface area contributed by atoms with Crippen molar-refractivity contribution in [1.82, 2.24) is 15.1 Å². The van der Waals surface area contributed by atoms with Crippen molar-refractivity contribution in [2.24, 2.45) is 0 Å². The third kappa shape index (κ3) is 2.77. The summed E-state index contributed by atoms with van der Waals surface area (Å²) >= 11 is 0. The summed E-state index contributed by atoms with van der Waals surface area (Å²) in [5.74, 6) is 0.463. The molecule has 2 aromatic heterocycles. The summed E-state index contributed by atoms with van der Waals surface area (Å²) in [6.07, 6.45) is 4.78. The molecule has 8 heteroatoms. The molecule has 1 aromatic carbocycles. The number of hydrogen-bond acceptors (Lipinski definition) is 5. The molecule has 0 radical (unpaired) electrons. The third-order valence-electron chi connectivity index (χ3n) is 4.20. The number of pyridine rings is 1. The number of amides is 1. The van der Waals surface area contributed by atoms with Gasteiger partial charge in [-0.1, -0.05) is 17.1 Å². The largest absolute Gasteiger partial charge is 0.508 e. The molecule has 1 atom stereocenters. The maximum Gasteiger partial charge on any atom is 0.416 e. The second-order valence-corrected chi connectivity index (χ2v) is 5.94. The lowest BCUT2D eigenvalue weighted by atomic mass is 9.95. The van der Waals surface area contributed by atoms with E-state index in [4.69, 9.17) is 0 Å². The fourth-order valence-corrected chi connectivity index (χ4v) is 3.07. The van der Waals surface area contributed by atoms with Crippen molar-refractivity contribution in [3.8, 4) is 5.75 Å². The summed E-state index contributed by atoms with van der Waals surface area (Å²) in [7, 11) is 0. The number of carbonyl (C=O) groups is 1. The SMILES string of the molecule is CC1=C(C(=O)Nc2cccnc2)C(c2cccc(O)c2)[n+]2[nH]cnc2N1. The van der Waals surface area contributed by atoms with Crippen LogP contribution in [0, 0.1) is 0 Å². The first-order chi connectivity index (χ1) is 12.6. The lowest BCUT2D eigenvalue weighted by Gasteiger charge is -2.24. The van der Waals surface area contributed by atoms with Gasteiger partial charge in [0.2, 0.25) is 0 Å². The summed E-state index contributed by atoms with van der Waals surface area (Å²) in [4.78, 5) is 21.3. The minimum Gasteiger partial charge on any atom is -0.508 e. The van der Waals surface area contributed by atoms with E-state index >= 15 is 0 Å². The summed E-state index contributed by atoms with van der Waals surface area (Å²) in [5, 5.41) is 18.9. The monoisotopic (exact) mass is 349 g/mol. The van der Waals surface area contributed by atoms with E-state index in [2.05, 4.69) is 25.7 Å². The normalized spacial score (nSPS) is 16.0. The molecule has 3 heterocycles. The van der Waals surface area contributed by atoms with Crippen LogP contribution < -0.4 is 15.3 Å². The number of hydrogen-bond donors (Lipinski definition) is 4. The summed E-state index contributed by atoms with van der Waals surface area (Å²) < 4.78 is 1.75. The van der Waals surface area contributed by atoms with E-state index in [1.165, 1.54) is 0 Å². The summed E-state index contributed by atoms with van der Waals surface area (Å²) in [5.41, 5.74) is 2.57. The smallest absolute Gasteiger partial charge is 0.416 e. The fraction of sp³-hybridized carbons (Fsp3) is 0.111. The van der Waals surface area contributed by atoms with Crippen LogP contribution in [-0.4, -0.2) is 26.1 Å². The number of anilines is 2. The number of benzene rings is 1. The number of rotatable bonds is 3. The molecule has 3 aromatic rings. The predicted molar refractivity (Wildman–Crippen MR) is 94.2 cm³/mol. The van der Waals surface area contributed by atoms with Gasteiger partial charge in [-0.3, -0.25) is 9.78 Å². The van der Waals surface area contributed by atoms with Gasteiger partial charge in [0.05, 0.1) is 23.2 Å². The lowest BCUT2D eigenvalue weighted by Crippen LogP contribution is -2.50. The molecule has 0 spiro atoms. The highest BCUT2D eigenvalue weighted by molar-refractivity contribution is 6.05. The van der Waals surface area contributed by atoms with Crippen molar-refractivity contribution < 1.29 is 14.6 Å². The molecule has 8 nitrogen and oxygen atoms in total. The molecule has 1 amide bonds. The number of allylic oxidation sites excluding steroid dienone is 1. The van der Waals surface area contributed by atoms with Crippen LogP contribution in [0.15, 0.2) is 66.4 Å². The quantitative estimate of drug-likeness (QED) is 0.539. The zero-order valence-electron chi connectivity index (χ0n) is 14.0. The van der Waals surface area contributed by atoms with E-state index in [1.54, 1.807) is 53.7 Å². The topological polar surface area (TPSA) is 107 Å².